The number of nitrogens with one attached hydrogen (secondary N) is 1. The summed E-state index contributed by atoms with van der Waals surface area (Å²) in [6.07, 6.45) is 4.81. The molecule has 0 aromatic rings. The molecule has 21 heavy (non-hydrogen) atoms. The highest BCUT2D eigenvalue weighted by atomic mass is 32.2. The zero-order valence-electron chi connectivity index (χ0n) is 12.3. The lowest BCUT2D eigenvalue weighted by Crippen LogP contribution is -2.43. The summed E-state index contributed by atoms with van der Waals surface area (Å²) in [6, 6.07) is 0. The highest BCUT2D eigenvalue weighted by Crippen LogP contribution is 2.29. The van der Waals surface area contributed by atoms with Crippen molar-refractivity contribution in [2.24, 2.45) is 17.6 Å². The van der Waals surface area contributed by atoms with Crippen LogP contribution >= 0.6 is 0 Å². The van der Waals surface area contributed by atoms with E-state index in [0.29, 0.717) is 24.9 Å². The van der Waals surface area contributed by atoms with E-state index in [1.54, 1.807) is 0 Å². The molecule has 124 valence electrons. The van der Waals surface area contributed by atoms with Crippen LogP contribution in [-0.4, -0.2) is 46.7 Å². The number of hydrogen-bond donors (Lipinski definition) is 2. The second-order valence-corrected chi connectivity index (χ2v) is 10.6. The van der Waals surface area contributed by atoms with Gasteiger partial charge in [0.2, 0.25) is 10.0 Å². The molecule has 6 nitrogen and oxygen atoms in total. The minimum Gasteiger partial charge on any atom is -0.330 e. The SMILES string of the molecule is NCC1CCCCC1CNS(=O)(=O)C1CCS(=O)(=O)CC1. The van der Waals surface area contributed by atoms with Gasteiger partial charge in [0, 0.05) is 6.54 Å². The minimum atomic E-state index is -3.42. The molecule has 0 aromatic carbocycles. The average Bonchev–Trinajstić information content (AvgIpc) is 2.45. The molecule has 0 radical (unpaired) electrons. The van der Waals surface area contributed by atoms with E-state index in [1.807, 2.05) is 0 Å². The summed E-state index contributed by atoms with van der Waals surface area (Å²) < 4.78 is 50.1. The van der Waals surface area contributed by atoms with Crippen LogP contribution in [0.3, 0.4) is 0 Å². The predicted octanol–water partition coefficient (Wildman–Crippen LogP) is 0.248. The summed E-state index contributed by atoms with van der Waals surface area (Å²) in [5.41, 5.74) is 5.76. The quantitative estimate of drug-likeness (QED) is 0.747. The van der Waals surface area contributed by atoms with Crippen molar-refractivity contribution in [1.29, 1.82) is 0 Å². The molecule has 1 aliphatic heterocycles. The Balaban J connectivity index is 1.89. The minimum absolute atomic E-state index is 0.0204. The largest absolute Gasteiger partial charge is 0.330 e. The van der Waals surface area contributed by atoms with Crippen LogP contribution in [0.5, 0.6) is 0 Å². The van der Waals surface area contributed by atoms with Crippen molar-refractivity contribution >= 4 is 19.9 Å². The van der Waals surface area contributed by atoms with Crippen molar-refractivity contribution in [2.75, 3.05) is 24.6 Å². The highest BCUT2D eigenvalue weighted by molar-refractivity contribution is 7.92. The summed E-state index contributed by atoms with van der Waals surface area (Å²) in [5, 5.41) is -0.569. The van der Waals surface area contributed by atoms with Gasteiger partial charge in [-0.1, -0.05) is 12.8 Å². The Morgan fingerprint density at radius 3 is 2.14 bits per heavy atom. The fraction of sp³-hybridized carbons (Fsp3) is 1.00. The normalized spacial score (nSPS) is 31.1. The molecular weight excluding hydrogens is 312 g/mol. The lowest BCUT2D eigenvalue weighted by molar-refractivity contribution is 0.244. The number of rotatable bonds is 5. The predicted molar refractivity (Wildman–Crippen MR) is 83.1 cm³/mol. The molecular formula is C13H26N2O4S2. The van der Waals surface area contributed by atoms with Crippen molar-refractivity contribution in [3.63, 3.8) is 0 Å². The van der Waals surface area contributed by atoms with E-state index < -0.39 is 25.1 Å². The topological polar surface area (TPSA) is 106 Å². The molecule has 0 bridgehead atoms. The van der Waals surface area contributed by atoms with Gasteiger partial charge >= 0.3 is 0 Å². The molecule has 1 heterocycles. The Morgan fingerprint density at radius 2 is 1.57 bits per heavy atom. The monoisotopic (exact) mass is 338 g/mol. The molecule has 2 unspecified atom stereocenters. The first-order valence-corrected chi connectivity index (χ1v) is 11.1. The first-order valence-electron chi connectivity index (χ1n) is 7.73. The number of sulfonamides is 1. The van der Waals surface area contributed by atoms with Gasteiger partial charge in [-0.25, -0.2) is 21.6 Å². The van der Waals surface area contributed by atoms with Crippen LogP contribution in [0.2, 0.25) is 0 Å². The van der Waals surface area contributed by atoms with Gasteiger partial charge in [0.05, 0.1) is 16.8 Å². The molecule has 2 fully saturated rings. The third-order valence-corrected chi connectivity index (χ3v) is 8.49. The van der Waals surface area contributed by atoms with Gasteiger partial charge in [0.15, 0.2) is 0 Å². The Kier molecular flexibility index (Phi) is 5.67. The van der Waals surface area contributed by atoms with Crippen LogP contribution < -0.4 is 10.5 Å². The second-order valence-electron chi connectivity index (χ2n) is 6.28. The van der Waals surface area contributed by atoms with Crippen molar-refractivity contribution < 1.29 is 16.8 Å². The van der Waals surface area contributed by atoms with E-state index in [9.17, 15) is 16.8 Å². The third kappa shape index (κ3) is 4.64. The Bertz CT molecular complexity index is 531. The van der Waals surface area contributed by atoms with Crippen molar-refractivity contribution in [2.45, 2.75) is 43.8 Å². The Hall–Kier alpha value is -0.180. The Labute approximate surface area is 127 Å². The smallest absolute Gasteiger partial charge is 0.214 e. The first kappa shape index (κ1) is 17.2. The van der Waals surface area contributed by atoms with E-state index in [-0.39, 0.29) is 24.3 Å². The van der Waals surface area contributed by atoms with Gasteiger partial charge in [0.1, 0.15) is 9.84 Å². The van der Waals surface area contributed by atoms with Crippen LogP contribution in [0.25, 0.3) is 0 Å². The molecule has 0 spiro atoms. The first-order chi connectivity index (χ1) is 9.84. The maximum atomic E-state index is 12.3. The summed E-state index contributed by atoms with van der Waals surface area (Å²) >= 11 is 0. The van der Waals surface area contributed by atoms with E-state index in [4.69, 9.17) is 5.73 Å². The second kappa shape index (κ2) is 6.93. The summed E-state index contributed by atoms with van der Waals surface area (Å²) in [7, 11) is -6.45. The van der Waals surface area contributed by atoms with Gasteiger partial charge in [-0.3, -0.25) is 0 Å². The van der Waals surface area contributed by atoms with E-state index >= 15 is 0 Å². The molecule has 1 aliphatic carbocycles. The van der Waals surface area contributed by atoms with Crippen LogP contribution in [-0.2, 0) is 19.9 Å². The zero-order valence-corrected chi connectivity index (χ0v) is 14.0. The summed E-state index contributed by atoms with van der Waals surface area (Å²) in [6.45, 7) is 1.04. The zero-order chi connectivity index (χ0) is 15.5. The van der Waals surface area contributed by atoms with Crippen LogP contribution in [0.4, 0.5) is 0 Å². The molecule has 3 N–H and O–H groups in total. The average molecular weight is 338 g/mol. The fourth-order valence-corrected chi connectivity index (χ4v) is 6.71. The van der Waals surface area contributed by atoms with E-state index in [2.05, 4.69) is 4.72 Å². The van der Waals surface area contributed by atoms with Crippen LogP contribution in [0, 0.1) is 11.8 Å². The summed E-state index contributed by atoms with van der Waals surface area (Å²) in [4.78, 5) is 0. The van der Waals surface area contributed by atoms with Crippen LogP contribution in [0.1, 0.15) is 38.5 Å². The van der Waals surface area contributed by atoms with E-state index in [0.717, 1.165) is 19.3 Å². The van der Waals surface area contributed by atoms with Gasteiger partial charge in [-0.15, -0.1) is 0 Å². The number of hydrogen-bond acceptors (Lipinski definition) is 5. The lowest BCUT2D eigenvalue weighted by atomic mass is 9.79. The molecule has 2 atom stereocenters. The van der Waals surface area contributed by atoms with E-state index in [1.165, 1.54) is 6.42 Å². The van der Waals surface area contributed by atoms with Gasteiger partial charge < -0.3 is 5.73 Å². The molecule has 2 rings (SSSR count). The van der Waals surface area contributed by atoms with Gasteiger partial charge in [-0.2, -0.15) is 0 Å². The summed E-state index contributed by atoms with van der Waals surface area (Å²) in [5.74, 6) is 0.667. The Morgan fingerprint density at radius 1 is 1.00 bits per heavy atom. The molecule has 8 heteroatoms. The third-order valence-electron chi connectivity index (χ3n) is 4.86. The van der Waals surface area contributed by atoms with Crippen molar-refractivity contribution in [3.8, 4) is 0 Å². The fourth-order valence-electron chi connectivity index (χ4n) is 3.38. The molecule has 0 aromatic heterocycles. The van der Waals surface area contributed by atoms with Gasteiger partial charge in [0.25, 0.3) is 0 Å². The van der Waals surface area contributed by atoms with Crippen LogP contribution in [0.15, 0.2) is 0 Å². The molecule has 0 amide bonds. The highest BCUT2D eigenvalue weighted by Gasteiger charge is 2.33. The van der Waals surface area contributed by atoms with Gasteiger partial charge in [-0.05, 0) is 44.1 Å². The molecule has 1 saturated heterocycles. The number of nitrogens with two attached hydrogens (primary N) is 1. The van der Waals surface area contributed by atoms with Crippen molar-refractivity contribution in [3.05, 3.63) is 0 Å². The molecule has 2 aliphatic rings. The maximum Gasteiger partial charge on any atom is 0.214 e. The standard InChI is InChI=1S/C13H26N2O4S2/c14-9-11-3-1-2-4-12(11)10-15-21(18,19)13-5-7-20(16,17)8-6-13/h11-13,15H,1-10,14H2. The van der Waals surface area contributed by atoms with Crippen molar-refractivity contribution in [1.82, 2.24) is 4.72 Å². The maximum absolute atomic E-state index is 12.3. The lowest BCUT2D eigenvalue weighted by Gasteiger charge is -2.31. The molecule has 1 saturated carbocycles. The number of sulfone groups is 1.